The van der Waals surface area contributed by atoms with Gasteiger partial charge in [-0.3, -0.25) is 24.0 Å². The number of hydrogen-bond donors (Lipinski definition) is 1. The van der Waals surface area contributed by atoms with E-state index in [9.17, 15) is 28.1 Å². The van der Waals surface area contributed by atoms with Crippen LogP contribution in [0.1, 0.15) is 32.3 Å². The van der Waals surface area contributed by atoms with Crippen molar-refractivity contribution in [3.05, 3.63) is 99.6 Å². The predicted molar refractivity (Wildman–Crippen MR) is 153 cm³/mol. The number of hydrogen-bond acceptors (Lipinski definition) is 6. The van der Waals surface area contributed by atoms with Crippen molar-refractivity contribution in [2.45, 2.75) is 44.2 Å². The highest BCUT2D eigenvalue weighted by Crippen LogP contribution is 2.27. The fourth-order valence-corrected chi connectivity index (χ4v) is 5.55. The van der Waals surface area contributed by atoms with Crippen molar-refractivity contribution in [2.24, 2.45) is 0 Å². The van der Waals surface area contributed by atoms with Crippen molar-refractivity contribution in [3.63, 3.8) is 0 Å². The fraction of sp³-hybridized carbons (Fsp3) is 0.286. The zero-order valence-corrected chi connectivity index (χ0v) is 23.8. The molecule has 0 heterocycles. The molecule has 0 unspecified atom stereocenters. The molecule has 212 valence electrons. The van der Waals surface area contributed by atoms with Gasteiger partial charge in [-0.05, 0) is 49.2 Å². The largest absolute Gasteiger partial charge is 0.354 e. The number of halogens is 1. The second-order valence-electron chi connectivity index (χ2n) is 9.03. The first-order chi connectivity index (χ1) is 19.1. The molecule has 0 saturated carbocycles. The Hall–Kier alpha value is -3.96. The molecule has 0 aliphatic carbocycles. The number of sulfonamides is 1. The van der Waals surface area contributed by atoms with Gasteiger partial charge in [0, 0.05) is 30.2 Å². The number of anilines is 1. The van der Waals surface area contributed by atoms with Crippen LogP contribution in [0.3, 0.4) is 0 Å². The number of nitrogens with one attached hydrogen (secondary N) is 1. The summed E-state index contributed by atoms with van der Waals surface area (Å²) in [5.41, 5.74) is 0.406. The standard InChI is InChI=1S/C28H31ClN4O6S/c1-3-4-18-30-28(35)21(2)31(19-22-10-8-9-13-26(22)29)27(34)20-32(23-14-16-24(17-15-23)33(36)37)40(38,39)25-11-6-5-7-12-25/h5-17,21H,3-4,18-20H2,1-2H3,(H,30,35)/t21-/m0/s1. The number of unbranched alkanes of at least 4 members (excludes halogenated alkanes) is 1. The van der Waals surface area contributed by atoms with Crippen LogP contribution in [0.5, 0.6) is 0 Å². The quantitative estimate of drug-likeness (QED) is 0.174. The molecule has 0 saturated heterocycles. The van der Waals surface area contributed by atoms with Crippen LogP contribution in [-0.4, -0.2) is 49.2 Å². The van der Waals surface area contributed by atoms with Crippen LogP contribution in [0.25, 0.3) is 0 Å². The van der Waals surface area contributed by atoms with Crippen molar-refractivity contribution >= 4 is 44.8 Å². The van der Waals surface area contributed by atoms with E-state index in [0.717, 1.165) is 17.1 Å². The third-order valence-electron chi connectivity index (χ3n) is 6.25. The van der Waals surface area contributed by atoms with E-state index < -0.39 is 33.4 Å². The van der Waals surface area contributed by atoms with Gasteiger partial charge in [0.2, 0.25) is 11.8 Å². The Morgan fingerprint density at radius 1 is 1.00 bits per heavy atom. The van der Waals surface area contributed by atoms with Gasteiger partial charge in [-0.25, -0.2) is 8.42 Å². The van der Waals surface area contributed by atoms with Crippen molar-refractivity contribution in [1.29, 1.82) is 0 Å². The summed E-state index contributed by atoms with van der Waals surface area (Å²) in [6, 6.07) is 18.3. The van der Waals surface area contributed by atoms with Crippen LogP contribution >= 0.6 is 11.6 Å². The van der Waals surface area contributed by atoms with E-state index in [0.29, 0.717) is 17.1 Å². The van der Waals surface area contributed by atoms with E-state index in [1.165, 1.54) is 41.3 Å². The lowest BCUT2D eigenvalue weighted by molar-refractivity contribution is -0.384. The van der Waals surface area contributed by atoms with E-state index in [1.807, 2.05) is 6.92 Å². The highest BCUT2D eigenvalue weighted by molar-refractivity contribution is 7.92. The molecule has 3 aromatic rings. The number of carbonyl (C=O) groups excluding carboxylic acids is 2. The molecule has 40 heavy (non-hydrogen) atoms. The maximum absolute atomic E-state index is 13.9. The van der Waals surface area contributed by atoms with E-state index in [4.69, 9.17) is 11.6 Å². The maximum Gasteiger partial charge on any atom is 0.269 e. The highest BCUT2D eigenvalue weighted by Gasteiger charge is 2.32. The Morgan fingerprint density at radius 2 is 1.62 bits per heavy atom. The number of rotatable bonds is 13. The SMILES string of the molecule is CCCCNC(=O)[C@H](C)N(Cc1ccccc1Cl)C(=O)CN(c1ccc([N+](=O)[O-])cc1)S(=O)(=O)c1ccccc1. The molecule has 0 bridgehead atoms. The van der Waals surface area contributed by atoms with Gasteiger partial charge in [-0.2, -0.15) is 0 Å². The van der Waals surface area contributed by atoms with E-state index in [2.05, 4.69) is 5.32 Å². The van der Waals surface area contributed by atoms with Gasteiger partial charge in [0.1, 0.15) is 12.6 Å². The Kier molecular flexibility index (Phi) is 10.6. The van der Waals surface area contributed by atoms with E-state index in [-0.39, 0.29) is 28.7 Å². The Balaban J connectivity index is 2.02. The monoisotopic (exact) mass is 586 g/mol. The van der Waals surface area contributed by atoms with Gasteiger partial charge >= 0.3 is 0 Å². The van der Waals surface area contributed by atoms with Gasteiger partial charge < -0.3 is 10.2 Å². The first-order valence-electron chi connectivity index (χ1n) is 12.7. The molecule has 3 rings (SSSR count). The summed E-state index contributed by atoms with van der Waals surface area (Å²) in [5.74, 6) is -1.04. The van der Waals surface area contributed by atoms with Crippen molar-refractivity contribution in [3.8, 4) is 0 Å². The minimum absolute atomic E-state index is 0.0413. The van der Waals surface area contributed by atoms with Gasteiger partial charge in [0.15, 0.2) is 0 Å². The maximum atomic E-state index is 13.9. The van der Waals surface area contributed by atoms with Crippen LogP contribution in [0.4, 0.5) is 11.4 Å². The smallest absolute Gasteiger partial charge is 0.269 e. The van der Waals surface area contributed by atoms with Gasteiger partial charge in [0.05, 0.1) is 15.5 Å². The average molecular weight is 587 g/mol. The lowest BCUT2D eigenvalue weighted by Crippen LogP contribution is -2.51. The molecule has 1 atom stereocenters. The summed E-state index contributed by atoms with van der Waals surface area (Å²) >= 11 is 6.35. The van der Waals surface area contributed by atoms with Gasteiger partial charge in [-0.1, -0.05) is 61.3 Å². The molecule has 12 heteroatoms. The molecule has 1 N–H and O–H groups in total. The van der Waals surface area contributed by atoms with Crippen LogP contribution in [-0.2, 0) is 26.2 Å². The van der Waals surface area contributed by atoms with Crippen LogP contribution in [0, 0.1) is 10.1 Å². The normalized spacial score (nSPS) is 11.9. The average Bonchev–Trinajstić information content (AvgIpc) is 2.95. The van der Waals surface area contributed by atoms with Crippen molar-refractivity contribution < 1.29 is 22.9 Å². The molecule has 10 nitrogen and oxygen atoms in total. The number of nitrogens with zero attached hydrogens (tertiary/aromatic N) is 3. The van der Waals surface area contributed by atoms with E-state index >= 15 is 0 Å². The first kappa shape index (κ1) is 30.6. The Bertz CT molecular complexity index is 1430. The highest BCUT2D eigenvalue weighted by atomic mass is 35.5. The van der Waals surface area contributed by atoms with Gasteiger partial charge in [0.25, 0.3) is 15.7 Å². The first-order valence-corrected chi connectivity index (χ1v) is 14.5. The summed E-state index contributed by atoms with van der Waals surface area (Å²) in [4.78, 5) is 38.6. The molecular weight excluding hydrogens is 556 g/mol. The summed E-state index contributed by atoms with van der Waals surface area (Å²) < 4.78 is 28.3. The van der Waals surface area contributed by atoms with Gasteiger partial charge in [-0.15, -0.1) is 0 Å². The number of nitro groups is 1. The fourth-order valence-electron chi connectivity index (χ4n) is 3.92. The number of amides is 2. The number of benzene rings is 3. The molecule has 3 aromatic carbocycles. The zero-order valence-electron chi connectivity index (χ0n) is 22.2. The van der Waals surface area contributed by atoms with Crippen LogP contribution in [0.2, 0.25) is 5.02 Å². The van der Waals surface area contributed by atoms with Crippen molar-refractivity contribution in [1.82, 2.24) is 10.2 Å². The summed E-state index contributed by atoms with van der Waals surface area (Å²) in [7, 11) is -4.27. The number of nitro benzene ring substituents is 1. The summed E-state index contributed by atoms with van der Waals surface area (Å²) in [6.45, 7) is 3.29. The van der Waals surface area contributed by atoms with Crippen LogP contribution < -0.4 is 9.62 Å². The molecule has 0 fully saturated rings. The molecule has 0 aromatic heterocycles. The van der Waals surface area contributed by atoms with E-state index in [1.54, 1.807) is 49.4 Å². The molecular formula is C28H31ClN4O6S. The minimum Gasteiger partial charge on any atom is -0.354 e. The second-order valence-corrected chi connectivity index (χ2v) is 11.3. The Morgan fingerprint density at radius 3 is 2.23 bits per heavy atom. The predicted octanol–water partition coefficient (Wildman–Crippen LogP) is 4.78. The minimum atomic E-state index is -4.27. The molecule has 0 radical (unpaired) electrons. The lowest BCUT2D eigenvalue weighted by Gasteiger charge is -2.32. The third-order valence-corrected chi connectivity index (χ3v) is 8.41. The lowest BCUT2D eigenvalue weighted by atomic mass is 10.1. The molecule has 0 spiro atoms. The van der Waals surface area contributed by atoms with Crippen molar-refractivity contribution in [2.75, 3.05) is 17.4 Å². The third kappa shape index (κ3) is 7.57. The Labute approximate surface area is 238 Å². The summed E-state index contributed by atoms with van der Waals surface area (Å²) in [5, 5.41) is 14.4. The second kappa shape index (κ2) is 13.9. The zero-order chi connectivity index (χ0) is 29.3. The molecule has 0 aliphatic rings. The molecule has 2 amide bonds. The van der Waals surface area contributed by atoms with Crippen LogP contribution in [0.15, 0.2) is 83.8 Å². The molecule has 0 aliphatic heterocycles. The number of carbonyl (C=O) groups is 2. The topological polar surface area (TPSA) is 130 Å². The summed E-state index contributed by atoms with van der Waals surface area (Å²) in [6.07, 6.45) is 1.64. The number of non-ortho nitro benzene ring substituents is 1.